The summed E-state index contributed by atoms with van der Waals surface area (Å²) in [5, 5.41) is 9.03. The summed E-state index contributed by atoms with van der Waals surface area (Å²) in [7, 11) is 0. The molecule has 0 unspecified atom stereocenters. The van der Waals surface area contributed by atoms with Gasteiger partial charge in [-0.3, -0.25) is 4.68 Å². The van der Waals surface area contributed by atoms with Gasteiger partial charge in [0.1, 0.15) is 17.7 Å². The van der Waals surface area contributed by atoms with Crippen LogP contribution < -0.4 is 15.5 Å². The molecule has 0 amide bonds. The van der Waals surface area contributed by atoms with Crippen molar-refractivity contribution in [2.24, 2.45) is 5.73 Å². The summed E-state index contributed by atoms with van der Waals surface area (Å²) in [5.41, 5.74) is 10.4. The van der Waals surface area contributed by atoms with Crippen LogP contribution >= 0.6 is 0 Å². The molecule has 2 atom stereocenters. The first-order valence-electron chi connectivity index (χ1n) is 13.8. The number of aromatic nitrogens is 7. The molecule has 2 aliphatic rings. The van der Waals surface area contributed by atoms with E-state index in [1.807, 2.05) is 28.5 Å². The summed E-state index contributed by atoms with van der Waals surface area (Å²) >= 11 is 0. The molecule has 6 heterocycles. The smallest absolute Gasteiger partial charge is 0.225 e. The first kappa shape index (κ1) is 25.5. The minimum Gasteiger partial charge on any atom is -0.379 e. The normalized spacial score (nSPS) is 19.1. The molecule has 7 rings (SSSR count). The Kier molecular flexibility index (Phi) is 6.36. The van der Waals surface area contributed by atoms with Gasteiger partial charge in [-0.25, -0.2) is 23.9 Å². The van der Waals surface area contributed by atoms with Crippen LogP contribution in [0, 0.1) is 5.82 Å². The Hall–Kier alpha value is -4.42. The molecule has 1 aromatic carbocycles. The third-order valence-corrected chi connectivity index (χ3v) is 8.14. The molecule has 2 saturated heterocycles. The number of piperazine rings is 1. The van der Waals surface area contributed by atoms with E-state index in [1.165, 1.54) is 12.1 Å². The zero-order valence-corrected chi connectivity index (χ0v) is 22.8. The van der Waals surface area contributed by atoms with Gasteiger partial charge in [-0.05, 0) is 37.1 Å². The van der Waals surface area contributed by atoms with Crippen molar-refractivity contribution in [3.8, 4) is 11.1 Å². The summed E-state index contributed by atoms with van der Waals surface area (Å²) < 4.78 is 22.8. The zero-order chi connectivity index (χ0) is 28.0. The summed E-state index contributed by atoms with van der Waals surface area (Å²) in [6, 6.07) is 8.63. The van der Waals surface area contributed by atoms with Gasteiger partial charge in [0.2, 0.25) is 5.95 Å². The molecule has 210 valence electrons. The Morgan fingerprint density at radius 3 is 2.39 bits per heavy atom. The van der Waals surface area contributed by atoms with Crippen molar-refractivity contribution >= 4 is 17.3 Å². The van der Waals surface area contributed by atoms with Crippen molar-refractivity contribution in [3.63, 3.8) is 0 Å². The fourth-order valence-electron chi connectivity index (χ4n) is 5.57. The van der Waals surface area contributed by atoms with Crippen molar-refractivity contribution in [2.45, 2.75) is 24.9 Å². The Morgan fingerprint density at radius 1 is 0.902 bits per heavy atom. The molecule has 11 nitrogen and oxygen atoms in total. The second-order valence-electron chi connectivity index (χ2n) is 10.8. The molecule has 0 aliphatic carbocycles. The average Bonchev–Trinajstić information content (AvgIpc) is 3.78. The fraction of sp³-hybridized carbons (Fsp3) is 0.345. The number of nitrogens with zero attached hydrogens (tertiary/aromatic N) is 9. The fourth-order valence-corrected chi connectivity index (χ4v) is 5.57. The molecule has 41 heavy (non-hydrogen) atoms. The van der Waals surface area contributed by atoms with Crippen LogP contribution in [0.15, 0.2) is 67.6 Å². The standard InChI is InChI=1S/C29H31FN10O/c1-29(31,22-2-4-24(30)5-3-22)23-14-32-28(33-15-23)38-9-7-37(8-10-38)27-26-12-20(16-40(26)36-19-34-27)21-13-35-39(17-21)25-6-11-41-18-25/h2-5,12-17,19,25H,6-11,18,31H2,1H3/t25-,29-/m0/s1. The average molecular weight is 555 g/mol. The number of fused-ring (bicyclic) bond motifs is 1. The van der Waals surface area contributed by atoms with Crippen molar-refractivity contribution < 1.29 is 9.13 Å². The largest absolute Gasteiger partial charge is 0.379 e. The molecule has 12 heteroatoms. The summed E-state index contributed by atoms with van der Waals surface area (Å²) in [6.07, 6.45) is 12.1. The molecule has 0 spiro atoms. The van der Waals surface area contributed by atoms with Gasteiger partial charge in [0.05, 0.1) is 24.4 Å². The molecular formula is C29H31FN10O. The molecule has 0 bridgehead atoms. The highest BCUT2D eigenvalue weighted by Crippen LogP contribution is 2.30. The van der Waals surface area contributed by atoms with Crippen LogP contribution in [0.3, 0.4) is 0 Å². The molecule has 0 radical (unpaired) electrons. The SMILES string of the molecule is C[C@](N)(c1ccc(F)cc1)c1cnc(N2CCN(c3ncnn4cc(-c5cnn([C@H]6CCOC6)c5)cc34)CC2)nc1. The number of halogens is 1. The van der Waals surface area contributed by atoms with Crippen LogP contribution in [-0.4, -0.2) is 73.7 Å². The lowest BCUT2D eigenvalue weighted by atomic mass is 9.87. The highest BCUT2D eigenvalue weighted by Gasteiger charge is 2.27. The monoisotopic (exact) mass is 554 g/mol. The number of rotatable bonds is 6. The summed E-state index contributed by atoms with van der Waals surface area (Å²) in [6.45, 7) is 6.39. The van der Waals surface area contributed by atoms with Crippen LogP contribution in [0.4, 0.5) is 16.2 Å². The maximum Gasteiger partial charge on any atom is 0.225 e. The van der Waals surface area contributed by atoms with Crippen LogP contribution in [0.1, 0.15) is 30.5 Å². The number of ether oxygens (including phenoxy) is 1. The van der Waals surface area contributed by atoms with Crippen molar-refractivity contribution in [1.29, 1.82) is 0 Å². The van der Waals surface area contributed by atoms with Gasteiger partial charge < -0.3 is 20.3 Å². The van der Waals surface area contributed by atoms with Crippen LogP contribution in [0.2, 0.25) is 0 Å². The Balaban J connectivity index is 1.05. The molecule has 2 aliphatic heterocycles. The first-order chi connectivity index (χ1) is 20.0. The lowest BCUT2D eigenvalue weighted by Gasteiger charge is -2.35. The second kappa shape index (κ2) is 10.2. The predicted octanol–water partition coefficient (Wildman–Crippen LogP) is 3.03. The second-order valence-corrected chi connectivity index (χ2v) is 10.8. The minimum absolute atomic E-state index is 0.294. The van der Waals surface area contributed by atoms with E-state index in [2.05, 4.69) is 47.2 Å². The van der Waals surface area contributed by atoms with Gasteiger partial charge >= 0.3 is 0 Å². The number of benzene rings is 1. The van der Waals surface area contributed by atoms with E-state index in [4.69, 9.17) is 10.5 Å². The Bertz CT molecular complexity index is 1650. The van der Waals surface area contributed by atoms with E-state index < -0.39 is 5.54 Å². The minimum atomic E-state index is -0.830. The number of hydrogen-bond acceptors (Lipinski definition) is 9. The highest BCUT2D eigenvalue weighted by molar-refractivity contribution is 5.77. The van der Waals surface area contributed by atoms with E-state index in [0.717, 1.165) is 72.8 Å². The van der Waals surface area contributed by atoms with Gasteiger partial charge in [-0.15, -0.1) is 0 Å². The van der Waals surface area contributed by atoms with E-state index in [1.54, 1.807) is 30.9 Å². The predicted molar refractivity (Wildman–Crippen MR) is 152 cm³/mol. The highest BCUT2D eigenvalue weighted by atomic mass is 19.1. The third-order valence-electron chi connectivity index (χ3n) is 8.14. The number of nitrogens with two attached hydrogens (primary N) is 1. The zero-order valence-electron chi connectivity index (χ0n) is 22.8. The van der Waals surface area contributed by atoms with Crippen molar-refractivity contribution in [1.82, 2.24) is 34.3 Å². The lowest BCUT2D eigenvalue weighted by molar-refractivity contribution is 0.184. The van der Waals surface area contributed by atoms with Gasteiger partial charge in [0, 0.05) is 74.3 Å². The lowest BCUT2D eigenvalue weighted by Crippen LogP contribution is -2.47. The number of hydrogen-bond donors (Lipinski definition) is 1. The molecule has 2 fully saturated rings. The quantitative estimate of drug-likeness (QED) is 0.338. The molecule has 2 N–H and O–H groups in total. The van der Waals surface area contributed by atoms with E-state index in [9.17, 15) is 4.39 Å². The molecule has 0 saturated carbocycles. The van der Waals surface area contributed by atoms with E-state index in [-0.39, 0.29) is 5.82 Å². The Morgan fingerprint density at radius 2 is 1.66 bits per heavy atom. The summed E-state index contributed by atoms with van der Waals surface area (Å²) in [5.74, 6) is 1.26. The van der Waals surface area contributed by atoms with Gasteiger partial charge in [-0.2, -0.15) is 10.2 Å². The van der Waals surface area contributed by atoms with Gasteiger partial charge in [0.15, 0.2) is 5.82 Å². The molecule has 5 aromatic rings. The maximum atomic E-state index is 13.4. The first-order valence-corrected chi connectivity index (χ1v) is 13.8. The van der Waals surface area contributed by atoms with Gasteiger partial charge in [-0.1, -0.05) is 12.1 Å². The van der Waals surface area contributed by atoms with Gasteiger partial charge in [0.25, 0.3) is 0 Å². The van der Waals surface area contributed by atoms with Crippen LogP contribution in [0.5, 0.6) is 0 Å². The van der Waals surface area contributed by atoms with E-state index in [0.29, 0.717) is 18.6 Å². The van der Waals surface area contributed by atoms with Crippen LogP contribution in [0.25, 0.3) is 16.6 Å². The van der Waals surface area contributed by atoms with Crippen molar-refractivity contribution in [3.05, 3.63) is 84.6 Å². The molecule has 4 aromatic heterocycles. The topological polar surface area (TPSA) is 116 Å². The van der Waals surface area contributed by atoms with Crippen molar-refractivity contribution in [2.75, 3.05) is 49.2 Å². The maximum absolute atomic E-state index is 13.4. The van der Waals surface area contributed by atoms with E-state index >= 15 is 0 Å². The number of anilines is 2. The Labute approximate surface area is 236 Å². The molecular weight excluding hydrogens is 523 g/mol. The summed E-state index contributed by atoms with van der Waals surface area (Å²) in [4.78, 5) is 18.3. The third kappa shape index (κ3) is 4.78. The van der Waals surface area contributed by atoms with Crippen LogP contribution in [-0.2, 0) is 10.3 Å².